The number of halogens is 3. The van der Waals surface area contributed by atoms with Crippen molar-refractivity contribution in [3.8, 4) is 0 Å². The van der Waals surface area contributed by atoms with Crippen molar-refractivity contribution in [3.05, 3.63) is 59.7 Å². The number of carbonyl (C=O) groups excluding carboxylic acids is 1. The summed E-state index contributed by atoms with van der Waals surface area (Å²) in [7, 11) is -3.70. The van der Waals surface area contributed by atoms with Gasteiger partial charge in [0.05, 0.1) is 16.1 Å². The summed E-state index contributed by atoms with van der Waals surface area (Å²) in [6.45, 7) is 0.881. The van der Waals surface area contributed by atoms with E-state index >= 15 is 0 Å². The molecule has 2 aromatic rings. The summed E-state index contributed by atoms with van der Waals surface area (Å²) in [6.07, 6.45) is -1.94. The van der Waals surface area contributed by atoms with Gasteiger partial charge in [0, 0.05) is 18.7 Å². The molecule has 1 aliphatic rings. The van der Waals surface area contributed by atoms with E-state index in [1.165, 1.54) is 40.7 Å². The molecular formula is C19H20F3N3O3S. The number of rotatable bonds is 5. The predicted octanol–water partition coefficient (Wildman–Crippen LogP) is 3.64. The quantitative estimate of drug-likeness (QED) is 0.715. The average Bonchev–Trinajstić information content (AvgIpc) is 2.72. The highest BCUT2D eigenvalue weighted by Crippen LogP contribution is 2.30. The summed E-state index contributed by atoms with van der Waals surface area (Å²) in [6, 6.07) is 9.91. The zero-order valence-electron chi connectivity index (χ0n) is 15.4. The van der Waals surface area contributed by atoms with E-state index in [9.17, 15) is 26.4 Å². The molecule has 1 saturated heterocycles. The van der Waals surface area contributed by atoms with Gasteiger partial charge in [-0.1, -0.05) is 18.6 Å². The molecule has 0 spiro atoms. The number of nitrogens with zero attached hydrogens (tertiary/aromatic N) is 1. The summed E-state index contributed by atoms with van der Waals surface area (Å²) in [5.41, 5.74) is 3.97. The van der Waals surface area contributed by atoms with E-state index in [2.05, 4.69) is 10.9 Å². The number of hydrogen-bond acceptors (Lipinski definition) is 4. The molecule has 0 unspecified atom stereocenters. The fourth-order valence-corrected chi connectivity index (χ4v) is 4.59. The summed E-state index contributed by atoms with van der Waals surface area (Å²) in [5.74, 6) is -0.668. The van der Waals surface area contributed by atoms with Crippen molar-refractivity contribution in [2.75, 3.05) is 18.5 Å². The fourth-order valence-electron chi connectivity index (χ4n) is 3.03. The molecule has 156 valence electrons. The molecule has 2 N–H and O–H groups in total. The van der Waals surface area contributed by atoms with Crippen molar-refractivity contribution in [2.45, 2.75) is 30.3 Å². The second-order valence-corrected chi connectivity index (χ2v) is 8.59. The second-order valence-electron chi connectivity index (χ2n) is 6.65. The average molecular weight is 427 g/mol. The molecule has 0 atom stereocenters. The van der Waals surface area contributed by atoms with E-state index < -0.39 is 27.7 Å². The molecule has 1 fully saturated rings. The number of hydrogen-bond donors (Lipinski definition) is 2. The third-order valence-electron chi connectivity index (χ3n) is 4.56. The zero-order chi connectivity index (χ0) is 21.1. The minimum atomic E-state index is -4.50. The first-order chi connectivity index (χ1) is 13.7. The number of benzene rings is 2. The van der Waals surface area contributed by atoms with Crippen LogP contribution in [0.5, 0.6) is 0 Å². The highest BCUT2D eigenvalue weighted by molar-refractivity contribution is 7.89. The van der Waals surface area contributed by atoms with Gasteiger partial charge in [-0.3, -0.25) is 15.6 Å². The van der Waals surface area contributed by atoms with Crippen LogP contribution in [0.2, 0.25) is 0 Å². The topological polar surface area (TPSA) is 78.5 Å². The maximum Gasteiger partial charge on any atom is 0.416 e. The van der Waals surface area contributed by atoms with E-state index in [1.54, 1.807) is 0 Å². The van der Waals surface area contributed by atoms with Gasteiger partial charge in [0.2, 0.25) is 10.0 Å². The van der Waals surface area contributed by atoms with Gasteiger partial charge in [-0.2, -0.15) is 17.5 Å². The normalized spacial score (nSPS) is 15.7. The van der Waals surface area contributed by atoms with Crippen LogP contribution >= 0.6 is 0 Å². The lowest BCUT2D eigenvalue weighted by atomic mass is 10.2. The Morgan fingerprint density at radius 2 is 1.66 bits per heavy atom. The smallest absolute Gasteiger partial charge is 0.298 e. The van der Waals surface area contributed by atoms with Crippen molar-refractivity contribution in [1.82, 2.24) is 9.73 Å². The summed E-state index contributed by atoms with van der Waals surface area (Å²) < 4.78 is 65.2. The van der Waals surface area contributed by atoms with Crippen molar-refractivity contribution in [3.63, 3.8) is 0 Å². The summed E-state index contributed by atoms with van der Waals surface area (Å²) >= 11 is 0. The minimum Gasteiger partial charge on any atom is -0.298 e. The van der Waals surface area contributed by atoms with Gasteiger partial charge in [-0.05, 0) is 49.2 Å². The van der Waals surface area contributed by atoms with Crippen LogP contribution in [0.4, 0.5) is 18.9 Å². The first-order valence-electron chi connectivity index (χ1n) is 9.02. The predicted molar refractivity (Wildman–Crippen MR) is 102 cm³/mol. The molecule has 1 amide bonds. The Balaban J connectivity index is 1.71. The Morgan fingerprint density at radius 1 is 0.966 bits per heavy atom. The largest absolute Gasteiger partial charge is 0.416 e. The van der Waals surface area contributed by atoms with Gasteiger partial charge in [0.25, 0.3) is 5.91 Å². The highest BCUT2D eigenvalue weighted by Gasteiger charge is 2.30. The van der Waals surface area contributed by atoms with E-state index in [4.69, 9.17) is 0 Å². The van der Waals surface area contributed by atoms with Gasteiger partial charge < -0.3 is 0 Å². The minimum absolute atomic E-state index is 0.00567. The summed E-state index contributed by atoms with van der Waals surface area (Å²) in [4.78, 5) is 12.4. The second kappa shape index (κ2) is 8.42. The van der Waals surface area contributed by atoms with Crippen LogP contribution in [0.15, 0.2) is 53.4 Å². The Kier molecular flexibility index (Phi) is 6.13. The fraction of sp³-hybridized carbons (Fsp3) is 0.316. The molecule has 29 heavy (non-hydrogen) atoms. The molecule has 1 aliphatic heterocycles. The molecule has 3 rings (SSSR count). The third-order valence-corrected chi connectivity index (χ3v) is 6.45. The van der Waals surface area contributed by atoms with Gasteiger partial charge in [0.15, 0.2) is 0 Å². The zero-order valence-corrected chi connectivity index (χ0v) is 16.2. The van der Waals surface area contributed by atoms with Gasteiger partial charge in [-0.15, -0.1) is 0 Å². The monoisotopic (exact) mass is 427 g/mol. The number of hydrazine groups is 1. The van der Waals surface area contributed by atoms with E-state index in [0.717, 1.165) is 31.4 Å². The number of carbonyl (C=O) groups is 1. The highest BCUT2D eigenvalue weighted by atomic mass is 32.2. The Morgan fingerprint density at radius 3 is 2.34 bits per heavy atom. The Hall–Kier alpha value is -2.59. The molecule has 0 aliphatic carbocycles. The Labute approximate surface area is 166 Å². The van der Waals surface area contributed by atoms with Crippen LogP contribution in [0.3, 0.4) is 0 Å². The lowest BCUT2D eigenvalue weighted by Crippen LogP contribution is -2.35. The molecular weight excluding hydrogens is 407 g/mol. The number of alkyl halides is 3. The van der Waals surface area contributed by atoms with Crippen LogP contribution in [0.25, 0.3) is 0 Å². The molecule has 6 nitrogen and oxygen atoms in total. The van der Waals surface area contributed by atoms with Crippen LogP contribution < -0.4 is 10.9 Å². The maximum absolute atomic E-state index is 12.8. The van der Waals surface area contributed by atoms with Crippen molar-refractivity contribution >= 4 is 21.6 Å². The number of amides is 1. The molecule has 0 saturated carbocycles. The molecule has 10 heteroatoms. The van der Waals surface area contributed by atoms with Crippen molar-refractivity contribution in [1.29, 1.82) is 0 Å². The van der Waals surface area contributed by atoms with Gasteiger partial charge in [0.1, 0.15) is 0 Å². The summed E-state index contributed by atoms with van der Waals surface area (Å²) in [5, 5.41) is 0. The number of sulfonamides is 1. The Bertz CT molecular complexity index is 987. The molecule has 0 aromatic heterocycles. The van der Waals surface area contributed by atoms with Crippen LogP contribution in [-0.4, -0.2) is 31.7 Å². The van der Waals surface area contributed by atoms with Gasteiger partial charge >= 0.3 is 6.18 Å². The van der Waals surface area contributed by atoms with Crippen LogP contribution in [-0.2, 0) is 16.2 Å². The van der Waals surface area contributed by atoms with Crippen molar-refractivity contribution < 1.29 is 26.4 Å². The van der Waals surface area contributed by atoms with E-state index in [1.807, 2.05) is 0 Å². The number of anilines is 1. The van der Waals surface area contributed by atoms with E-state index in [-0.39, 0.29) is 16.1 Å². The first-order valence-corrected chi connectivity index (χ1v) is 10.5. The van der Waals surface area contributed by atoms with Crippen molar-refractivity contribution in [2.24, 2.45) is 0 Å². The molecule has 0 bridgehead atoms. The molecule has 2 aromatic carbocycles. The van der Waals surface area contributed by atoms with E-state index in [0.29, 0.717) is 13.1 Å². The van der Waals surface area contributed by atoms with Crippen LogP contribution in [0, 0.1) is 0 Å². The maximum atomic E-state index is 12.8. The lowest BCUT2D eigenvalue weighted by Gasteiger charge is -2.26. The standard InChI is InChI=1S/C19H20F3N3O3S/c20-19(21,22)15-7-5-8-16(13-15)23-24-18(26)14-6-4-9-17(12-14)29(27,28)25-10-2-1-3-11-25/h4-9,12-13,23H,1-3,10-11H2,(H,24,26). The molecule has 0 radical (unpaired) electrons. The third kappa shape index (κ3) is 5.07. The number of piperidine rings is 1. The lowest BCUT2D eigenvalue weighted by molar-refractivity contribution is -0.137. The van der Waals surface area contributed by atoms with Crippen LogP contribution in [0.1, 0.15) is 35.2 Å². The van der Waals surface area contributed by atoms with Gasteiger partial charge in [-0.25, -0.2) is 8.42 Å². The molecule has 1 heterocycles. The first kappa shape index (κ1) is 21.1. The SMILES string of the molecule is O=C(NNc1cccc(C(F)(F)F)c1)c1cccc(S(=O)(=O)N2CCCCC2)c1. The number of nitrogens with one attached hydrogen (secondary N) is 2.